The molecule has 104 valence electrons. The lowest BCUT2D eigenvalue weighted by molar-refractivity contribution is 0.522. The van der Waals surface area contributed by atoms with E-state index < -0.39 is 0 Å². The molecule has 1 aromatic carbocycles. The average Bonchev–Trinajstić information content (AvgIpc) is 2.90. The molecule has 1 N–H and O–H groups in total. The van der Waals surface area contributed by atoms with Gasteiger partial charge in [-0.1, -0.05) is 43.2 Å². The molecule has 2 aromatic rings. The lowest BCUT2D eigenvalue weighted by Crippen LogP contribution is -2.13. The predicted molar refractivity (Wildman–Crippen MR) is 80.9 cm³/mol. The molecule has 1 heterocycles. The second-order valence-electron chi connectivity index (χ2n) is 6.10. The first-order chi connectivity index (χ1) is 9.92. The Balaban J connectivity index is 1.45. The third-order valence-corrected chi connectivity index (χ3v) is 4.72. The molecule has 2 saturated carbocycles. The summed E-state index contributed by atoms with van der Waals surface area (Å²) in [6, 6.07) is 12.0. The lowest BCUT2D eigenvalue weighted by atomic mass is 10.1. The first kappa shape index (κ1) is 12.0. The van der Waals surface area contributed by atoms with Crippen molar-refractivity contribution >= 4 is 5.95 Å². The maximum atomic E-state index is 4.52. The van der Waals surface area contributed by atoms with E-state index in [2.05, 4.69) is 51.4 Å². The van der Waals surface area contributed by atoms with E-state index in [-0.39, 0.29) is 0 Å². The van der Waals surface area contributed by atoms with Gasteiger partial charge in [0.05, 0.1) is 0 Å². The Labute approximate surface area is 120 Å². The average molecular weight is 267 g/mol. The monoisotopic (exact) mass is 267 g/mol. The number of hydrogen-bond donors (Lipinski definition) is 1. The summed E-state index contributed by atoms with van der Waals surface area (Å²) in [5.41, 5.74) is 1.45. The van der Waals surface area contributed by atoms with Crippen LogP contribution in [0.15, 0.2) is 42.7 Å². The Kier molecular flexibility index (Phi) is 2.98. The molecular weight excluding hydrogens is 246 g/mol. The molecular formula is C17H21N3. The van der Waals surface area contributed by atoms with E-state index >= 15 is 0 Å². The molecule has 0 aliphatic heterocycles. The van der Waals surface area contributed by atoms with E-state index in [0.717, 1.165) is 5.95 Å². The van der Waals surface area contributed by atoms with Gasteiger partial charge in [0.2, 0.25) is 5.95 Å². The Morgan fingerprint density at radius 2 is 1.90 bits per heavy atom. The fraction of sp³-hybridized carbons (Fsp3) is 0.471. The van der Waals surface area contributed by atoms with Crippen molar-refractivity contribution in [3.63, 3.8) is 0 Å². The van der Waals surface area contributed by atoms with Gasteiger partial charge in [-0.25, -0.2) is 4.98 Å². The predicted octanol–water partition coefficient (Wildman–Crippen LogP) is 3.97. The van der Waals surface area contributed by atoms with Gasteiger partial charge in [-0.15, -0.1) is 0 Å². The molecule has 2 fully saturated rings. The molecule has 0 amide bonds. The van der Waals surface area contributed by atoms with Crippen molar-refractivity contribution in [3.8, 4) is 0 Å². The highest BCUT2D eigenvalue weighted by Gasteiger charge is 2.39. The molecule has 1 aromatic heterocycles. The molecule has 0 bridgehead atoms. The second-order valence-corrected chi connectivity index (χ2v) is 6.10. The zero-order chi connectivity index (χ0) is 13.4. The minimum Gasteiger partial charge on any atom is -0.352 e. The van der Waals surface area contributed by atoms with Gasteiger partial charge in [0, 0.05) is 30.4 Å². The maximum absolute atomic E-state index is 4.52. The van der Waals surface area contributed by atoms with Crippen LogP contribution in [0.3, 0.4) is 0 Å². The van der Waals surface area contributed by atoms with Crippen molar-refractivity contribution in [2.75, 3.05) is 5.32 Å². The molecule has 20 heavy (non-hydrogen) atoms. The largest absolute Gasteiger partial charge is 0.352 e. The summed E-state index contributed by atoms with van der Waals surface area (Å²) in [6.07, 6.45) is 10.6. The molecule has 2 aliphatic rings. The number of aromatic nitrogens is 2. The molecule has 3 nitrogen and oxygen atoms in total. The van der Waals surface area contributed by atoms with E-state index in [0.29, 0.717) is 18.0 Å². The van der Waals surface area contributed by atoms with Crippen molar-refractivity contribution < 1.29 is 0 Å². The van der Waals surface area contributed by atoms with Crippen LogP contribution in [0.1, 0.15) is 49.6 Å². The van der Waals surface area contributed by atoms with Crippen molar-refractivity contribution in [2.24, 2.45) is 0 Å². The number of anilines is 1. The summed E-state index contributed by atoms with van der Waals surface area (Å²) in [5.74, 6) is 1.73. The molecule has 0 spiro atoms. The van der Waals surface area contributed by atoms with Crippen LogP contribution in [-0.4, -0.2) is 15.6 Å². The van der Waals surface area contributed by atoms with Gasteiger partial charge in [0.1, 0.15) is 0 Å². The molecule has 2 aliphatic carbocycles. The summed E-state index contributed by atoms with van der Waals surface area (Å²) in [6.45, 7) is 0. The molecule has 4 rings (SSSR count). The van der Waals surface area contributed by atoms with Gasteiger partial charge in [-0.05, 0) is 24.8 Å². The normalized spacial score (nSPS) is 25.8. The van der Waals surface area contributed by atoms with Crippen molar-refractivity contribution in [2.45, 2.75) is 50.1 Å². The fourth-order valence-corrected chi connectivity index (χ4v) is 3.49. The third-order valence-electron chi connectivity index (χ3n) is 4.72. The van der Waals surface area contributed by atoms with E-state index in [4.69, 9.17) is 0 Å². The number of benzene rings is 1. The standard InChI is InChI=1S/C17H21N3/c1-2-6-13(7-3-1)15-12-16(15)19-17-18-10-11-20(17)14-8-4-5-9-14/h1-3,6-7,10-11,14-16H,4-5,8-9,12H2,(H,18,19). The number of hydrogen-bond acceptors (Lipinski definition) is 2. The lowest BCUT2D eigenvalue weighted by Gasteiger charge is -2.15. The minimum absolute atomic E-state index is 0.556. The number of rotatable bonds is 4. The highest BCUT2D eigenvalue weighted by atomic mass is 15.2. The highest BCUT2D eigenvalue weighted by Crippen LogP contribution is 2.43. The van der Waals surface area contributed by atoms with Gasteiger partial charge >= 0.3 is 0 Å². The van der Waals surface area contributed by atoms with Crippen LogP contribution in [0.5, 0.6) is 0 Å². The summed E-state index contributed by atoms with van der Waals surface area (Å²) < 4.78 is 2.35. The molecule has 3 heteroatoms. The number of imidazole rings is 1. The van der Waals surface area contributed by atoms with Crippen LogP contribution >= 0.6 is 0 Å². The van der Waals surface area contributed by atoms with Crippen LogP contribution in [0, 0.1) is 0 Å². The minimum atomic E-state index is 0.556. The highest BCUT2D eigenvalue weighted by molar-refractivity contribution is 5.38. The quantitative estimate of drug-likeness (QED) is 0.908. The van der Waals surface area contributed by atoms with Crippen molar-refractivity contribution in [1.82, 2.24) is 9.55 Å². The van der Waals surface area contributed by atoms with Crippen LogP contribution in [0.2, 0.25) is 0 Å². The first-order valence-electron chi connectivity index (χ1n) is 7.76. The SMILES string of the molecule is c1ccc(C2CC2Nc2nccn2C2CCCC2)cc1. The molecule has 2 atom stereocenters. The van der Waals surface area contributed by atoms with E-state index in [1.165, 1.54) is 37.7 Å². The van der Waals surface area contributed by atoms with Gasteiger partial charge in [0.25, 0.3) is 0 Å². The van der Waals surface area contributed by atoms with Gasteiger partial charge < -0.3 is 9.88 Å². The van der Waals surface area contributed by atoms with Crippen LogP contribution in [0.25, 0.3) is 0 Å². The Bertz CT molecular complexity index is 569. The summed E-state index contributed by atoms with van der Waals surface area (Å²) >= 11 is 0. The first-order valence-corrected chi connectivity index (χ1v) is 7.76. The van der Waals surface area contributed by atoms with E-state index in [1.807, 2.05) is 6.20 Å². The summed E-state index contributed by atoms with van der Waals surface area (Å²) in [7, 11) is 0. The van der Waals surface area contributed by atoms with Crippen LogP contribution in [-0.2, 0) is 0 Å². The smallest absolute Gasteiger partial charge is 0.203 e. The van der Waals surface area contributed by atoms with Crippen molar-refractivity contribution in [1.29, 1.82) is 0 Å². The van der Waals surface area contributed by atoms with Gasteiger partial charge in [-0.2, -0.15) is 0 Å². The Hall–Kier alpha value is -1.77. The molecule has 2 unspecified atom stereocenters. The summed E-state index contributed by atoms with van der Waals surface area (Å²) in [4.78, 5) is 4.52. The Morgan fingerprint density at radius 1 is 1.10 bits per heavy atom. The molecule has 0 radical (unpaired) electrons. The van der Waals surface area contributed by atoms with E-state index in [9.17, 15) is 0 Å². The zero-order valence-electron chi connectivity index (χ0n) is 11.7. The van der Waals surface area contributed by atoms with Crippen LogP contribution in [0.4, 0.5) is 5.95 Å². The van der Waals surface area contributed by atoms with Crippen LogP contribution < -0.4 is 5.32 Å². The molecule has 0 saturated heterocycles. The number of nitrogens with zero attached hydrogens (tertiary/aromatic N) is 2. The second kappa shape index (κ2) is 4.97. The van der Waals surface area contributed by atoms with E-state index in [1.54, 1.807) is 0 Å². The fourth-order valence-electron chi connectivity index (χ4n) is 3.49. The third kappa shape index (κ3) is 2.21. The summed E-state index contributed by atoms with van der Waals surface area (Å²) in [5, 5.41) is 3.64. The van der Waals surface area contributed by atoms with Gasteiger partial charge in [-0.3, -0.25) is 0 Å². The zero-order valence-corrected chi connectivity index (χ0v) is 11.7. The number of nitrogens with one attached hydrogen (secondary N) is 1. The Morgan fingerprint density at radius 3 is 2.70 bits per heavy atom. The van der Waals surface area contributed by atoms with Crippen molar-refractivity contribution in [3.05, 3.63) is 48.3 Å². The maximum Gasteiger partial charge on any atom is 0.203 e. The topological polar surface area (TPSA) is 29.9 Å². The van der Waals surface area contributed by atoms with Gasteiger partial charge in [0.15, 0.2) is 0 Å².